The Balaban J connectivity index is 1.42. The smallest absolute Gasteiger partial charge is 0.321 e. The van der Waals surface area contributed by atoms with Crippen molar-refractivity contribution in [2.45, 2.75) is 12.6 Å². The van der Waals surface area contributed by atoms with Crippen LogP contribution >= 0.6 is 11.3 Å². The molecule has 6 nitrogen and oxygen atoms in total. The molecular weight excluding hydrogens is 312 g/mol. The number of nitrogens with one attached hydrogen (secondary N) is 2. The lowest BCUT2D eigenvalue weighted by Gasteiger charge is -2.33. The van der Waals surface area contributed by atoms with Crippen LogP contribution in [0.4, 0.5) is 9.93 Å². The summed E-state index contributed by atoms with van der Waals surface area (Å²) in [6.07, 6.45) is 1.67. The van der Waals surface area contributed by atoms with E-state index in [9.17, 15) is 4.79 Å². The molecule has 122 valence electrons. The molecule has 7 heteroatoms. The van der Waals surface area contributed by atoms with Gasteiger partial charge in [0.15, 0.2) is 5.13 Å². The highest BCUT2D eigenvalue weighted by molar-refractivity contribution is 7.13. The molecule has 0 aliphatic carbocycles. The molecule has 2 N–H and O–H groups in total. The summed E-state index contributed by atoms with van der Waals surface area (Å²) < 4.78 is 5.73. The van der Waals surface area contributed by atoms with Crippen molar-refractivity contribution < 1.29 is 9.53 Å². The van der Waals surface area contributed by atoms with E-state index in [1.807, 2.05) is 11.4 Å². The van der Waals surface area contributed by atoms with Crippen molar-refractivity contribution in [2.24, 2.45) is 0 Å². The molecule has 0 radical (unpaired) electrons. The maximum atomic E-state index is 11.8. The van der Waals surface area contributed by atoms with E-state index >= 15 is 0 Å². The zero-order chi connectivity index (χ0) is 15.9. The minimum Gasteiger partial charge on any atom is -0.374 e. The summed E-state index contributed by atoms with van der Waals surface area (Å²) in [6, 6.07) is 10.1. The molecule has 1 aromatic carbocycles. The number of hydrogen-bond acceptors (Lipinski definition) is 5. The molecule has 2 amide bonds. The molecule has 0 saturated carbocycles. The van der Waals surface area contributed by atoms with Gasteiger partial charge < -0.3 is 10.1 Å². The standard InChI is InChI=1S/C16H20N4O2S/c21-15(19-16-17-6-9-23-16)18-10-14-12-20(7-8-22-14)11-13-4-2-1-3-5-13/h1-6,9,14H,7-8,10-12H2,(H2,17,18,19,21)/t14-/m0/s1. The summed E-state index contributed by atoms with van der Waals surface area (Å²) in [4.78, 5) is 18.2. The molecule has 1 aromatic heterocycles. The number of urea groups is 1. The van der Waals surface area contributed by atoms with Crippen LogP contribution < -0.4 is 10.6 Å². The highest BCUT2D eigenvalue weighted by Crippen LogP contribution is 2.11. The molecule has 23 heavy (non-hydrogen) atoms. The predicted octanol–water partition coefficient (Wildman–Crippen LogP) is 2.17. The fourth-order valence-electron chi connectivity index (χ4n) is 2.52. The van der Waals surface area contributed by atoms with E-state index < -0.39 is 0 Å². The number of rotatable bonds is 5. The van der Waals surface area contributed by atoms with Gasteiger partial charge in [0.25, 0.3) is 0 Å². The van der Waals surface area contributed by atoms with E-state index in [0.29, 0.717) is 18.3 Å². The van der Waals surface area contributed by atoms with Crippen LogP contribution in [0.15, 0.2) is 41.9 Å². The summed E-state index contributed by atoms with van der Waals surface area (Å²) in [5, 5.41) is 7.96. The van der Waals surface area contributed by atoms with Gasteiger partial charge in [-0.05, 0) is 5.56 Å². The second kappa shape index (κ2) is 8.05. The molecule has 2 aromatic rings. The minimum atomic E-state index is -0.247. The van der Waals surface area contributed by atoms with E-state index in [-0.39, 0.29) is 12.1 Å². The lowest BCUT2D eigenvalue weighted by atomic mass is 10.2. The van der Waals surface area contributed by atoms with Gasteiger partial charge in [0.1, 0.15) is 0 Å². The molecule has 1 atom stereocenters. The number of nitrogens with zero attached hydrogens (tertiary/aromatic N) is 2. The predicted molar refractivity (Wildman–Crippen MR) is 90.6 cm³/mol. The van der Waals surface area contributed by atoms with Crippen LogP contribution in [0, 0.1) is 0 Å². The van der Waals surface area contributed by atoms with Gasteiger partial charge in [-0.25, -0.2) is 9.78 Å². The quantitative estimate of drug-likeness (QED) is 0.881. The molecule has 0 bridgehead atoms. The third kappa shape index (κ3) is 5.02. The van der Waals surface area contributed by atoms with Crippen molar-refractivity contribution in [3.63, 3.8) is 0 Å². The fourth-order valence-corrected chi connectivity index (χ4v) is 3.05. The van der Waals surface area contributed by atoms with Gasteiger partial charge in [-0.15, -0.1) is 11.3 Å². The summed E-state index contributed by atoms with van der Waals surface area (Å²) in [5.74, 6) is 0. The normalized spacial score (nSPS) is 18.5. The molecule has 1 saturated heterocycles. The van der Waals surface area contributed by atoms with E-state index in [0.717, 1.165) is 19.6 Å². The van der Waals surface area contributed by atoms with Crippen molar-refractivity contribution in [2.75, 3.05) is 31.6 Å². The summed E-state index contributed by atoms with van der Waals surface area (Å²) >= 11 is 1.39. The van der Waals surface area contributed by atoms with Crippen molar-refractivity contribution >= 4 is 22.5 Å². The van der Waals surface area contributed by atoms with Crippen LogP contribution in [0.1, 0.15) is 5.56 Å². The SMILES string of the molecule is O=C(NC[C@H]1CN(Cc2ccccc2)CCO1)Nc1nccs1. The maximum Gasteiger partial charge on any atom is 0.321 e. The van der Waals surface area contributed by atoms with E-state index in [2.05, 4.69) is 44.8 Å². The zero-order valence-corrected chi connectivity index (χ0v) is 13.6. The molecule has 1 fully saturated rings. The van der Waals surface area contributed by atoms with Crippen molar-refractivity contribution in [1.82, 2.24) is 15.2 Å². The molecule has 0 unspecified atom stereocenters. The first kappa shape index (κ1) is 15.9. The molecular formula is C16H20N4O2S. The van der Waals surface area contributed by atoms with Crippen LogP contribution in [0.2, 0.25) is 0 Å². The largest absolute Gasteiger partial charge is 0.374 e. The lowest BCUT2D eigenvalue weighted by Crippen LogP contribution is -2.47. The number of carbonyl (C=O) groups excluding carboxylic acids is 1. The van der Waals surface area contributed by atoms with Crippen LogP contribution in [0.5, 0.6) is 0 Å². The summed E-state index contributed by atoms with van der Waals surface area (Å²) in [7, 11) is 0. The second-order valence-corrected chi connectivity index (χ2v) is 6.28. The summed E-state index contributed by atoms with van der Waals surface area (Å²) in [6.45, 7) is 3.81. The average molecular weight is 332 g/mol. The fraction of sp³-hybridized carbons (Fsp3) is 0.375. The Kier molecular flexibility index (Phi) is 5.57. The van der Waals surface area contributed by atoms with Gasteiger partial charge >= 0.3 is 6.03 Å². The number of morpholine rings is 1. The molecule has 2 heterocycles. The molecule has 3 rings (SSSR count). The Bertz CT molecular complexity index is 606. The van der Waals surface area contributed by atoms with Crippen molar-refractivity contribution in [1.29, 1.82) is 0 Å². The van der Waals surface area contributed by atoms with E-state index in [1.54, 1.807) is 6.20 Å². The molecule has 1 aliphatic rings. The Labute approximate surface area is 139 Å². The zero-order valence-electron chi connectivity index (χ0n) is 12.8. The Hall–Kier alpha value is -1.96. The first-order valence-electron chi connectivity index (χ1n) is 7.62. The lowest BCUT2D eigenvalue weighted by molar-refractivity contribution is -0.0285. The van der Waals surface area contributed by atoms with Crippen molar-refractivity contribution in [3.05, 3.63) is 47.5 Å². The van der Waals surface area contributed by atoms with Crippen LogP contribution in [0.3, 0.4) is 0 Å². The number of anilines is 1. The Morgan fingerprint density at radius 3 is 3.04 bits per heavy atom. The molecule has 0 spiro atoms. The third-order valence-electron chi connectivity index (χ3n) is 3.61. The number of amides is 2. The van der Waals surface area contributed by atoms with Crippen LogP contribution in [-0.2, 0) is 11.3 Å². The topological polar surface area (TPSA) is 66.5 Å². The van der Waals surface area contributed by atoms with Gasteiger partial charge in [0.2, 0.25) is 0 Å². The van der Waals surface area contributed by atoms with Crippen molar-refractivity contribution in [3.8, 4) is 0 Å². The van der Waals surface area contributed by atoms with Gasteiger partial charge in [0.05, 0.1) is 12.7 Å². The Morgan fingerprint density at radius 1 is 1.39 bits per heavy atom. The van der Waals surface area contributed by atoms with E-state index in [1.165, 1.54) is 16.9 Å². The van der Waals surface area contributed by atoms with Gasteiger partial charge in [-0.3, -0.25) is 10.2 Å². The van der Waals surface area contributed by atoms with E-state index in [4.69, 9.17) is 4.74 Å². The monoisotopic (exact) mass is 332 g/mol. The second-order valence-electron chi connectivity index (χ2n) is 5.39. The number of thiazole rings is 1. The highest BCUT2D eigenvalue weighted by Gasteiger charge is 2.21. The first-order chi connectivity index (χ1) is 11.3. The Morgan fingerprint density at radius 2 is 2.26 bits per heavy atom. The van der Waals surface area contributed by atoms with Gasteiger partial charge in [-0.1, -0.05) is 30.3 Å². The number of carbonyl (C=O) groups is 1. The minimum absolute atomic E-state index is 0.00880. The average Bonchev–Trinajstić information content (AvgIpc) is 3.07. The maximum absolute atomic E-state index is 11.8. The van der Waals surface area contributed by atoms with Crippen LogP contribution in [0.25, 0.3) is 0 Å². The summed E-state index contributed by atoms with van der Waals surface area (Å²) in [5.41, 5.74) is 1.29. The number of ether oxygens (including phenoxy) is 1. The number of benzene rings is 1. The number of aromatic nitrogens is 1. The van der Waals surface area contributed by atoms with Gasteiger partial charge in [0, 0.05) is 37.8 Å². The molecule has 1 aliphatic heterocycles. The third-order valence-corrected chi connectivity index (χ3v) is 4.30. The first-order valence-corrected chi connectivity index (χ1v) is 8.50. The van der Waals surface area contributed by atoms with Crippen LogP contribution in [-0.4, -0.2) is 48.3 Å². The van der Waals surface area contributed by atoms with Gasteiger partial charge in [-0.2, -0.15) is 0 Å². The highest BCUT2D eigenvalue weighted by atomic mass is 32.1. The number of hydrogen-bond donors (Lipinski definition) is 2.